The van der Waals surface area contributed by atoms with E-state index in [0.717, 1.165) is 0 Å². The third kappa shape index (κ3) is 2.38. The average molecular weight is 303 g/mol. The van der Waals surface area contributed by atoms with Crippen LogP contribution >= 0.6 is 0 Å². The van der Waals surface area contributed by atoms with Gasteiger partial charge in [-0.15, -0.1) is 0 Å². The number of benzene rings is 1. The fourth-order valence-corrected chi connectivity index (χ4v) is 3.10. The van der Waals surface area contributed by atoms with Gasteiger partial charge in [0.05, 0.1) is 4.92 Å². The number of fused-ring (bicyclic) bond motifs is 1. The molecule has 0 saturated heterocycles. The normalized spacial score (nSPS) is 26.3. The van der Waals surface area contributed by atoms with E-state index >= 15 is 0 Å². The van der Waals surface area contributed by atoms with Crippen LogP contribution in [0.3, 0.4) is 0 Å². The van der Waals surface area contributed by atoms with Crippen molar-refractivity contribution >= 4 is 23.2 Å². The number of nitro groups is 1. The van der Waals surface area contributed by atoms with E-state index in [1.54, 1.807) is 0 Å². The summed E-state index contributed by atoms with van der Waals surface area (Å²) in [6.07, 6.45) is 0.649. The summed E-state index contributed by atoms with van der Waals surface area (Å²) in [5.74, 6) is -2.43. The first-order valence-electron chi connectivity index (χ1n) is 6.93. The van der Waals surface area contributed by atoms with Crippen molar-refractivity contribution in [1.29, 1.82) is 0 Å². The zero-order valence-corrected chi connectivity index (χ0v) is 11.6. The quantitative estimate of drug-likeness (QED) is 0.361. The van der Waals surface area contributed by atoms with Gasteiger partial charge in [0.15, 0.2) is 0 Å². The van der Waals surface area contributed by atoms with E-state index in [-0.39, 0.29) is 36.2 Å². The van der Waals surface area contributed by atoms with Crippen LogP contribution in [-0.2, 0) is 25.7 Å². The molecule has 2 aliphatic carbocycles. The summed E-state index contributed by atoms with van der Waals surface area (Å²) < 4.78 is 5.10. The minimum absolute atomic E-state index is 0.00285. The number of rotatable bonds is 4. The Labute approximate surface area is 125 Å². The third-order valence-corrected chi connectivity index (χ3v) is 4.29. The molecule has 0 radical (unpaired) electrons. The number of hydrogen-bond donors (Lipinski definition) is 0. The van der Waals surface area contributed by atoms with Crippen LogP contribution in [0.4, 0.5) is 5.69 Å². The summed E-state index contributed by atoms with van der Waals surface area (Å²) in [7, 11) is 0. The van der Waals surface area contributed by atoms with Gasteiger partial charge in [0, 0.05) is 30.9 Å². The van der Waals surface area contributed by atoms with Gasteiger partial charge >= 0.3 is 5.97 Å². The van der Waals surface area contributed by atoms with Crippen molar-refractivity contribution in [1.82, 2.24) is 0 Å². The number of ketones is 2. The van der Waals surface area contributed by atoms with E-state index in [1.807, 2.05) is 0 Å². The number of ether oxygens (including phenoxy) is 1. The highest BCUT2D eigenvalue weighted by molar-refractivity contribution is 6.09. The number of hydrogen-bond acceptors (Lipinski definition) is 6. The number of nitro benzene ring substituents is 1. The van der Waals surface area contributed by atoms with E-state index in [2.05, 4.69) is 0 Å². The number of Topliss-reactive ketones (excluding diaryl/α,β-unsaturated/α-hetero) is 2. The Hall–Kier alpha value is -2.57. The Balaban J connectivity index is 1.61. The van der Waals surface area contributed by atoms with Crippen molar-refractivity contribution in [3.05, 3.63) is 39.9 Å². The molecule has 3 rings (SSSR count). The Morgan fingerprint density at radius 3 is 2.41 bits per heavy atom. The monoisotopic (exact) mass is 303 g/mol. The molecule has 2 fully saturated rings. The van der Waals surface area contributed by atoms with E-state index in [4.69, 9.17) is 4.74 Å². The van der Waals surface area contributed by atoms with Crippen LogP contribution in [0.25, 0.3) is 0 Å². The number of carbonyl (C=O) groups is 3. The van der Waals surface area contributed by atoms with Gasteiger partial charge in [-0.2, -0.15) is 0 Å². The first-order chi connectivity index (χ1) is 10.5. The number of esters is 1. The maximum absolute atomic E-state index is 12.0. The Bertz CT molecular complexity index is 665. The summed E-state index contributed by atoms with van der Waals surface area (Å²) in [5.41, 5.74) is 0.532. The molecular formula is C15H13NO6. The van der Waals surface area contributed by atoms with Crippen LogP contribution in [-0.4, -0.2) is 22.5 Å². The zero-order chi connectivity index (χ0) is 15.9. The average Bonchev–Trinajstić information content (AvgIpc) is 2.76. The van der Waals surface area contributed by atoms with Crippen LogP contribution < -0.4 is 0 Å². The van der Waals surface area contributed by atoms with Crippen molar-refractivity contribution in [2.45, 2.75) is 19.4 Å². The molecule has 3 atom stereocenters. The topological polar surface area (TPSA) is 104 Å². The highest BCUT2D eigenvalue weighted by Gasteiger charge is 2.56. The van der Waals surface area contributed by atoms with Crippen molar-refractivity contribution in [2.75, 3.05) is 0 Å². The van der Waals surface area contributed by atoms with Crippen LogP contribution in [0.1, 0.15) is 18.4 Å². The molecule has 0 bridgehead atoms. The molecule has 0 heterocycles. The molecule has 0 amide bonds. The molecule has 2 saturated carbocycles. The second kappa shape index (κ2) is 5.32. The molecule has 0 spiro atoms. The van der Waals surface area contributed by atoms with Crippen molar-refractivity contribution in [3.63, 3.8) is 0 Å². The molecule has 7 heteroatoms. The van der Waals surface area contributed by atoms with Gasteiger partial charge < -0.3 is 4.74 Å². The fourth-order valence-electron chi connectivity index (χ4n) is 3.10. The van der Waals surface area contributed by atoms with Crippen molar-refractivity contribution in [2.24, 2.45) is 17.8 Å². The maximum Gasteiger partial charge on any atom is 0.317 e. The van der Waals surface area contributed by atoms with E-state index < -0.39 is 22.7 Å². The molecule has 1 aromatic carbocycles. The minimum atomic E-state index is -0.968. The Morgan fingerprint density at radius 1 is 1.18 bits per heavy atom. The SMILES string of the molecule is O=C1CC2CC(=O)C2C1C(=O)OCc1ccc([N+](=O)[O-])cc1. The largest absolute Gasteiger partial charge is 0.460 e. The predicted molar refractivity (Wildman–Crippen MR) is 72.6 cm³/mol. The van der Waals surface area contributed by atoms with Gasteiger partial charge in [-0.3, -0.25) is 24.5 Å². The van der Waals surface area contributed by atoms with Gasteiger partial charge in [0.1, 0.15) is 24.1 Å². The van der Waals surface area contributed by atoms with Gasteiger partial charge in [-0.1, -0.05) is 0 Å². The van der Waals surface area contributed by atoms with Crippen molar-refractivity contribution in [3.8, 4) is 0 Å². The first-order valence-corrected chi connectivity index (χ1v) is 6.93. The van der Waals surface area contributed by atoms with Gasteiger partial charge in [-0.05, 0) is 23.6 Å². The minimum Gasteiger partial charge on any atom is -0.460 e. The predicted octanol–water partition coefficient (Wildman–Crippen LogP) is 1.43. The fraction of sp³-hybridized carbons (Fsp3) is 0.400. The first kappa shape index (κ1) is 14.4. The molecule has 1 aromatic rings. The molecule has 0 aromatic heterocycles. The molecule has 0 aliphatic heterocycles. The number of carbonyl (C=O) groups excluding carboxylic acids is 3. The maximum atomic E-state index is 12.0. The second-order valence-electron chi connectivity index (χ2n) is 5.64. The molecule has 7 nitrogen and oxygen atoms in total. The van der Waals surface area contributed by atoms with Gasteiger partial charge in [0.2, 0.25) is 0 Å². The van der Waals surface area contributed by atoms with Crippen LogP contribution in [0, 0.1) is 27.9 Å². The lowest BCUT2D eigenvalue weighted by molar-refractivity contribution is -0.384. The Kier molecular flexibility index (Phi) is 3.48. The van der Waals surface area contributed by atoms with Gasteiger partial charge in [-0.25, -0.2) is 0 Å². The second-order valence-corrected chi connectivity index (χ2v) is 5.64. The van der Waals surface area contributed by atoms with Crippen LogP contribution in [0.5, 0.6) is 0 Å². The summed E-state index contributed by atoms with van der Waals surface area (Å²) >= 11 is 0. The van der Waals surface area contributed by atoms with Crippen molar-refractivity contribution < 1.29 is 24.0 Å². The summed E-state index contributed by atoms with van der Waals surface area (Å²) in [6.45, 7) is -0.0772. The molecule has 0 N–H and O–H groups in total. The molecular weight excluding hydrogens is 290 g/mol. The van der Waals surface area contributed by atoms with Crippen LogP contribution in [0.15, 0.2) is 24.3 Å². The molecule has 3 unspecified atom stereocenters. The van der Waals surface area contributed by atoms with E-state index in [0.29, 0.717) is 12.0 Å². The lowest BCUT2D eigenvalue weighted by Crippen LogP contribution is -2.40. The smallest absolute Gasteiger partial charge is 0.317 e. The summed E-state index contributed by atoms with van der Waals surface area (Å²) in [6, 6.07) is 5.60. The number of nitrogens with zero attached hydrogens (tertiary/aromatic N) is 1. The zero-order valence-electron chi connectivity index (χ0n) is 11.6. The Morgan fingerprint density at radius 2 is 1.82 bits per heavy atom. The number of non-ortho nitro benzene ring substituents is 1. The third-order valence-electron chi connectivity index (χ3n) is 4.29. The standard InChI is InChI=1S/C15H13NO6/c17-11-5-9-6-12(18)14(13(9)11)15(19)22-7-8-1-3-10(4-2-8)16(20)21/h1-4,9,13-14H,5-7H2. The lowest BCUT2D eigenvalue weighted by Gasteiger charge is -2.30. The lowest BCUT2D eigenvalue weighted by atomic mass is 9.71. The molecule has 114 valence electrons. The highest BCUT2D eigenvalue weighted by Crippen LogP contribution is 2.46. The highest BCUT2D eigenvalue weighted by atomic mass is 16.6. The summed E-state index contributed by atoms with van der Waals surface area (Å²) in [5, 5.41) is 10.5. The molecule has 2 aliphatic rings. The summed E-state index contributed by atoms with van der Waals surface area (Å²) in [4.78, 5) is 45.4. The van der Waals surface area contributed by atoms with Crippen LogP contribution in [0.2, 0.25) is 0 Å². The van der Waals surface area contributed by atoms with E-state index in [1.165, 1.54) is 24.3 Å². The van der Waals surface area contributed by atoms with Gasteiger partial charge in [0.25, 0.3) is 5.69 Å². The van der Waals surface area contributed by atoms with E-state index in [9.17, 15) is 24.5 Å². The molecule has 22 heavy (non-hydrogen) atoms.